The molecule has 0 aliphatic heterocycles. The summed E-state index contributed by atoms with van der Waals surface area (Å²) in [6.07, 6.45) is 3.70. The van der Waals surface area contributed by atoms with Gasteiger partial charge in [0.2, 0.25) is 0 Å². The number of nitrogens with one attached hydrogen (secondary N) is 1. The molecule has 3 heteroatoms. The van der Waals surface area contributed by atoms with Crippen LogP contribution in [0.3, 0.4) is 0 Å². The Labute approximate surface area is 97.9 Å². The van der Waals surface area contributed by atoms with Crippen molar-refractivity contribution in [2.45, 2.75) is 45.8 Å². The Balaban J connectivity index is 2.32. The molecular weight excluding hydrogens is 200 g/mol. The molecule has 0 bridgehead atoms. The summed E-state index contributed by atoms with van der Waals surface area (Å²) in [7, 11) is 0. The zero-order chi connectivity index (χ0) is 12.0. The van der Waals surface area contributed by atoms with Crippen molar-refractivity contribution in [1.29, 1.82) is 0 Å². The molecule has 2 N–H and O–H groups in total. The fraction of sp³-hybridized carbons (Fsp3) is 0.615. The molecule has 1 aromatic rings. The van der Waals surface area contributed by atoms with Gasteiger partial charge in [-0.15, -0.1) is 0 Å². The normalized spacial score (nSPS) is 14.8. The standard InChI is InChI=1S/C13H22N2O/c1-4-7-13(3,16)10-14-8-12-6-5-11(2)15-9-12/h5-6,9,14,16H,4,7-8,10H2,1-3H3. The quantitative estimate of drug-likeness (QED) is 0.774. The van der Waals surface area contributed by atoms with Crippen molar-refractivity contribution in [2.24, 2.45) is 0 Å². The van der Waals surface area contributed by atoms with Crippen LogP contribution in [0.25, 0.3) is 0 Å². The van der Waals surface area contributed by atoms with Crippen molar-refractivity contribution < 1.29 is 5.11 Å². The highest BCUT2D eigenvalue weighted by atomic mass is 16.3. The van der Waals surface area contributed by atoms with Crippen molar-refractivity contribution in [3.63, 3.8) is 0 Å². The summed E-state index contributed by atoms with van der Waals surface area (Å²) in [5.41, 5.74) is 1.58. The molecule has 16 heavy (non-hydrogen) atoms. The lowest BCUT2D eigenvalue weighted by molar-refractivity contribution is 0.0498. The first-order chi connectivity index (χ1) is 7.53. The number of hydrogen-bond donors (Lipinski definition) is 2. The zero-order valence-corrected chi connectivity index (χ0v) is 10.5. The van der Waals surface area contributed by atoms with Crippen LogP contribution in [0.1, 0.15) is 37.9 Å². The first-order valence-corrected chi connectivity index (χ1v) is 5.88. The van der Waals surface area contributed by atoms with Gasteiger partial charge in [0.05, 0.1) is 5.60 Å². The van der Waals surface area contributed by atoms with Crippen molar-refractivity contribution in [1.82, 2.24) is 10.3 Å². The Morgan fingerprint density at radius 1 is 1.44 bits per heavy atom. The van der Waals surface area contributed by atoms with Crippen LogP contribution in [-0.2, 0) is 6.54 Å². The van der Waals surface area contributed by atoms with E-state index in [-0.39, 0.29) is 0 Å². The Hall–Kier alpha value is -0.930. The van der Waals surface area contributed by atoms with Gasteiger partial charge in [0, 0.05) is 25.0 Å². The van der Waals surface area contributed by atoms with E-state index in [2.05, 4.69) is 23.3 Å². The minimum absolute atomic E-state index is 0.604. The van der Waals surface area contributed by atoms with Gasteiger partial charge < -0.3 is 10.4 Å². The maximum Gasteiger partial charge on any atom is 0.0743 e. The Bertz CT molecular complexity index is 306. The van der Waals surface area contributed by atoms with E-state index in [0.29, 0.717) is 6.54 Å². The van der Waals surface area contributed by atoms with Crippen LogP contribution in [0.4, 0.5) is 0 Å². The van der Waals surface area contributed by atoms with E-state index < -0.39 is 5.60 Å². The van der Waals surface area contributed by atoms with Crippen molar-refractivity contribution in [3.8, 4) is 0 Å². The van der Waals surface area contributed by atoms with Gasteiger partial charge in [0.25, 0.3) is 0 Å². The molecule has 1 heterocycles. The number of rotatable bonds is 6. The number of hydrogen-bond acceptors (Lipinski definition) is 3. The highest BCUT2D eigenvalue weighted by molar-refractivity contribution is 5.12. The van der Waals surface area contributed by atoms with Gasteiger partial charge in [0.1, 0.15) is 0 Å². The molecule has 0 saturated heterocycles. The largest absolute Gasteiger partial charge is 0.389 e. The smallest absolute Gasteiger partial charge is 0.0743 e. The number of aliphatic hydroxyl groups is 1. The summed E-state index contributed by atoms with van der Waals surface area (Å²) in [6.45, 7) is 7.31. The average Bonchev–Trinajstić information content (AvgIpc) is 2.20. The fourth-order valence-corrected chi connectivity index (χ4v) is 1.71. The van der Waals surface area contributed by atoms with Crippen molar-refractivity contribution in [3.05, 3.63) is 29.6 Å². The van der Waals surface area contributed by atoms with E-state index >= 15 is 0 Å². The van der Waals surface area contributed by atoms with Gasteiger partial charge in [-0.25, -0.2) is 0 Å². The van der Waals surface area contributed by atoms with E-state index in [1.165, 1.54) is 0 Å². The second-order valence-corrected chi connectivity index (χ2v) is 4.66. The molecule has 1 aromatic heterocycles. The van der Waals surface area contributed by atoms with Crippen LogP contribution in [-0.4, -0.2) is 22.2 Å². The number of aryl methyl sites for hydroxylation is 1. The summed E-state index contributed by atoms with van der Waals surface area (Å²) in [4.78, 5) is 4.23. The lowest BCUT2D eigenvalue weighted by Crippen LogP contribution is -2.37. The molecule has 0 amide bonds. The van der Waals surface area contributed by atoms with Gasteiger partial charge in [-0.2, -0.15) is 0 Å². The Morgan fingerprint density at radius 3 is 2.75 bits per heavy atom. The molecule has 90 valence electrons. The summed E-state index contributed by atoms with van der Waals surface area (Å²) in [6, 6.07) is 4.06. The van der Waals surface area contributed by atoms with Crippen LogP contribution in [0, 0.1) is 6.92 Å². The second-order valence-electron chi connectivity index (χ2n) is 4.66. The molecule has 0 aromatic carbocycles. The Kier molecular flexibility index (Phi) is 4.90. The van der Waals surface area contributed by atoms with Crippen LogP contribution >= 0.6 is 0 Å². The topological polar surface area (TPSA) is 45.1 Å². The van der Waals surface area contributed by atoms with Gasteiger partial charge in [-0.3, -0.25) is 4.98 Å². The molecule has 1 unspecified atom stereocenters. The third-order valence-corrected chi connectivity index (χ3v) is 2.60. The maximum absolute atomic E-state index is 9.96. The van der Waals surface area contributed by atoms with Gasteiger partial charge in [0.15, 0.2) is 0 Å². The number of pyridine rings is 1. The Morgan fingerprint density at radius 2 is 2.19 bits per heavy atom. The van der Waals surface area contributed by atoms with Crippen LogP contribution < -0.4 is 5.32 Å². The third kappa shape index (κ3) is 4.73. The van der Waals surface area contributed by atoms with Crippen LogP contribution in [0.2, 0.25) is 0 Å². The zero-order valence-electron chi connectivity index (χ0n) is 10.5. The SMILES string of the molecule is CCCC(C)(O)CNCc1ccc(C)nc1. The van der Waals surface area contributed by atoms with E-state index in [9.17, 15) is 5.11 Å². The fourth-order valence-electron chi connectivity index (χ4n) is 1.71. The second kappa shape index (κ2) is 5.97. The molecule has 1 atom stereocenters. The predicted octanol–water partition coefficient (Wildman–Crippen LogP) is 2.03. The van der Waals surface area contributed by atoms with E-state index in [4.69, 9.17) is 0 Å². The summed E-state index contributed by atoms with van der Waals surface area (Å²) in [5.74, 6) is 0. The molecule has 3 nitrogen and oxygen atoms in total. The minimum Gasteiger partial charge on any atom is -0.389 e. The molecule has 0 radical (unpaired) electrons. The molecule has 0 aliphatic rings. The van der Waals surface area contributed by atoms with Crippen LogP contribution in [0.15, 0.2) is 18.3 Å². The number of aromatic nitrogens is 1. The van der Waals surface area contributed by atoms with Crippen molar-refractivity contribution in [2.75, 3.05) is 6.54 Å². The lowest BCUT2D eigenvalue weighted by Gasteiger charge is -2.23. The summed E-state index contributed by atoms with van der Waals surface area (Å²) < 4.78 is 0. The van der Waals surface area contributed by atoms with Crippen molar-refractivity contribution >= 4 is 0 Å². The maximum atomic E-state index is 9.96. The van der Waals surface area contributed by atoms with Gasteiger partial charge in [-0.05, 0) is 31.9 Å². The first kappa shape index (κ1) is 13.1. The molecule has 0 aliphatic carbocycles. The summed E-state index contributed by atoms with van der Waals surface area (Å²) in [5, 5.41) is 13.2. The molecule has 1 rings (SSSR count). The molecular formula is C13H22N2O. The first-order valence-electron chi connectivity index (χ1n) is 5.88. The highest BCUT2D eigenvalue weighted by Crippen LogP contribution is 2.10. The number of nitrogens with zero attached hydrogens (tertiary/aromatic N) is 1. The molecule has 0 fully saturated rings. The molecule has 0 spiro atoms. The van der Waals surface area contributed by atoms with E-state index in [0.717, 1.165) is 30.6 Å². The average molecular weight is 222 g/mol. The monoisotopic (exact) mass is 222 g/mol. The third-order valence-electron chi connectivity index (χ3n) is 2.60. The minimum atomic E-state index is -0.604. The van der Waals surface area contributed by atoms with Gasteiger partial charge >= 0.3 is 0 Å². The van der Waals surface area contributed by atoms with Gasteiger partial charge in [-0.1, -0.05) is 19.4 Å². The predicted molar refractivity (Wildman–Crippen MR) is 66.2 cm³/mol. The lowest BCUT2D eigenvalue weighted by atomic mass is 10.0. The van der Waals surface area contributed by atoms with E-state index in [1.807, 2.05) is 26.1 Å². The molecule has 0 saturated carbocycles. The summed E-state index contributed by atoms with van der Waals surface area (Å²) >= 11 is 0. The highest BCUT2D eigenvalue weighted by Gasteiger charge is 2.17. The van der Waals surface area contributed by atoms with Crippen LogP contribution in [0.5, 0.6) is 0 Å². The van der Waals surface area contributed by atoms with E-state index in [1.54, 1.807) is 0 Å².